The highest BCUT2D eigenvalue weighted by molar-refractivity contribution is 7.13. The summed E-state index contributed by atoms with van der Waals surface area (Å²) in [4.78, 5) is 29.8. The van der Waals surface area contributed by atoms with Crippen LogP contribution in [0.2, 0.25) is 0 Å². The maximum atomic E-state index is 12.2. The summed E-state index contributed by atoms with van der Waals surface area (Å²) in [5, 5.41) is 0. The van der Waals surface area contributed by atoms with E-state index in [1.807, 2.05) is 17.0 Å². The average Bonchev–Trinajstić information content (AvgIpc) is 3.08. The number of piperazine rings is 1. The van der Waals surface area contributed by atoms with E-state index in [9.17, 15) is 9.59 Å². The molecule has 2 atom stereocenters. The van der Waals surface area contributed by atoms with Crippen LogP contribution in [0.25, 0.3) is 0 Å². The first-order chi connectivity index (χ1) is 10.6. The highest BCUT2D eigenvalue weighted by Gasteiger charge is 2.41. The molecule has 2 aliphatic rings. The maximum Gasteiger partial charge on any atom is 0.348 e. The normalized spacial score (nSPS) is 25.1. The van der Waals surface area contributed by atoms with E-state index >= 15 is 0 Å². The Morgan fingerprint density at radius 2 is 1.95 bits per heavy atom. The van der Waals surface area contributed by atoms with Gasteiger partial charge in [-0.3, -0.25) is 9.69 Å². The van der Waals surface area contributed by atoms with E-state index in [1.54, 1.807) is 0 Å². The van der Waals surface area contributed by atoms with Crippen LogP contribution < -0.4 is 0 Å². The molecule has 0 radical (unpaired) electrons. The molecule has 120 valence electrons. The Balaban J connectivity index is 1.48. The zero-order valence-corrected chi connectivity index (χ0v) is 13.9. The molecule has 1 saturated carbocycles. The second kappa shape index (κ2) is 6.38. The van der Waals surface area contributed by atoms with Crippen LogP contribution in [-0.4, -0.2) is 55.0 Å². The molecule has 22 heavy (non-hydrogen) atoms. The van der Waals surface area contributed by atoms with E-state index < -0.39 is 0 Å². The smallest absolute Gasteiger partial charge is 0.348 e. The third kappa shape index (κ3) is 3.33. The molecule has 1 amide bonds. The van der Waals surface area contributed by atoms with Crippen molar-refractivity contribution in [2.24, 2.45) is 11.8 Å². The van der Waals surface area contributed by atoms with Gasteiger partial charge in [-0.1, -0.05) is 6.92 Å². The summed E-state index contributed by atoms with van der Waals surface area (Å²) >= 11 is 1.48. The standard InChI is InChI=1S/C16H22N2O3S/c1-11-9-13(11)15(19)18-7-5-17(6-8-18)10-12-3-4-14(22-12)16(20)21-2/h3-4,11,13H,5-10H2,1-2H3. The number of nitrogens with zero attached hydrogens (tertiary/aromatic N) is 2. The topological polar surface area (TPSA) is 49.9 Å². The number of esters is 1. The van der Waals surface area contributed by atoms with Gasteiger partial charge in [0.25, 0.3) is 0 Å². The zero-order valence-electron chi connectivity index (χ0n) is 13.1. The van der Waals surface area contributed by atoms with Crippen molar-refractivity contribution < 1.29 is 14.3 Å². The van der Waals surface area contributed by atoms with Gasteiger partial charge in [-0.25, -0.2) is 4.79 Å². The number of thiophene rings is 1. The van der Waals surface area contributed by atoms with Crippen LogP contribution in [-0.2, 0) is 16.1 Å². The van der Waals surface area contributed by atoms with E-state index in [2.05, 4.69) is 11.8 Å². The Morgan fingerprint density at radius 3 is 2.55 bits per heavy atom. The van der Waals surface area contributed by atoms with Crippen LogP contribution in [0.1, 0.15) is 27.9 Å². The SMILES string of the molecule is COC(=O)c1ccc(CN2CCN(C(=O)C3CC3C)CC2)s1. The van der Waals surface area contributed by atoms with Crippen molar-refractivity contribution in [2.75, 3.05) is 33.3 Å². The number of carbonyl (C=O) groups is 2. The van der Waals surface area contributed by atoms with Crippen molar-refractivity contribution >= 4 is 23.2 Å². The zero-order chi connectivity index (χ0) is 15.7. The molecule has 1 saturated heterocycles. The highest BCUT2D eigenvalue weighted by Crippen LogP contribution is 2.39. The number of hydrogen-bond donors (Lipinski definition) is 0. The van der Waals surface area contributed by atoms with Crippen molar-refractivity contribution in [2.45, 2.75) is 19.9 Å². The molecule has 0 N–H and O–H groups in total. The van der Waals surface area contributed by atoms with Gasteiger partial charge in [-0.2, -0.15) is 0 Å². The van der Waals surface area contributed by atoms with Crippen LogP contribution in [0, 0.1) is 11.8 Å². The molecule has 1 aliphatic carbocycles. The van der Waals surface area contributed by atoms with Crippen molar-refractivity contribution in [3.63, 3.8) is 0 Å². The van der Waals surface area contributed by atoms with Gasteiger partial charge in [-0.15, -0.1) is 11.3 Å². The number of carbonyl (C=O) groups excluding carboxylic acids is 2. The number of ether oxygens (including phenoxy) is 1. The predicted octanol–water partition coefficient (Wildman–Crippen LogP) is 1.83. The first kappa shape index (κ1) is 15.5. The lowest BCUT2D eigenvalue weighted by atomic mass is 10.2. The Labute approximate surface area is 134 Å². The monoisotopic (exact) mass is 322 g/mol. The third-order valence-electron chi connectivity index (χ3n) is 4.54. The van der Waals surface area contributed by atoms with Gasteiger partial charge in [0.05, 0.1) is 7.11 Å². The Bertz CT molecular complexity index is 563. The minimum atomic E-state index is -0.273. The molecular formula is C16H22N2O3S. The van der Waals surface area contributed by atoms with Crippen molar-refractivity contribution in [1.29, 1.82) is 0 Å². The van der Waals surface area contributed by atoms with Crippen LogP contribution in [0.3, 0.4) is 0 Å². The highest BCUT2D eigenvalue weighted by atomic mass is 32.1. The van der Waals surface area contributed by atoms with Gasteiger partial charge < -0.3 is 9.64 Å². The molecule has 0 bridgehead atoms. The quantitative estimate of drug-likeness (QED) is 0.794. The lowest BCUT2D eigenvalue weighted by Crippen LogP contribution is -2.48. The van der Waals surface area contributed by atoms with E-state index in [4.69, 9.17) is 4.74 Å². The van der Waals surface area contributed by atoms with E-state index in [1.165, 1.54) is 18.4 Å². The van der Waals surface area contributed by atoms with Gasteiger partial charge in [0, 0.05) is 43.5 Å². The van der Waals surface area contributed by atoms with Crippen LogP contribution >= 0.6 is 11.3 Å². The van der Waals surface area contributed by atoms with Gasteiger partial charge in [-0.05, 0) is 24.5 Å². The number of hydrogen-bond acceptors (Lipinski definition) is 5. The summed E-state index contributed by atoms with van der Waals surface area (Å²) in [7, 11) is 1.40. The maximum absolute atomic E-state index is 12.2. The molecule has 2 heterocycles. The predicted molar refractivity (Wildman–Crippen MR) is 84.8 cm³/mol. The summed E-state index contributed by atoms with van der Waals surface area (Å²) < 4.78 is 4.73. The second-order valence-electron chi connectivity index (χ2n) is 6.18. The van der Waals surface area contributed by atoms with E-state index in [0.717, 1.165) is 44.0 Å². The lowest BCUT2D eigenvalue weighted by molar-refractivity contribution is -0.134. The molecular weight excluding hydrogens is 300 g/mol. The van der Waals surface area contributed by atoms with Crippen LogP contribution in [0.5, 0.6) is 0 Å². The Morgan fingerprint density at radius 1 is 1.27 bits per heavy atom. The van der Waals surface area contributed by atoms with Gasteiger partial charge in [0.15, 0.2) is 0 Å². The largest absolute Gasteiger partial charge is 0.465 e. The fourth-order valence-electron chi connectivity index (χ4n) is 2.92. The first-order valence-corrected chi connectivity index (χ1v) is 8.58. The van der Waals surface area contributed by atoms with Gasteiger partial charge in [0.2, 0.25) is 5.91 Å². The van der Waals surface area contributed by atoms with Crippen molar-refractivity contribution in [3.8, 4) is 0 Å². The van der Waals surface area contributed by atoms with E-state index in [0.29, 0.717) is 16.7 Å². The second-order valence-corrected chi connectivity index (χ2v) is 7.35. The van der Waals surface area contributed by atoms with E-state index in [-0.39, 0.29) is 11.9 Å². The molecule has 5 nitrogen and oxygen atoms in total. The van der Waals surface area contributed by atoms with Crippen molar-refractivity contribution in [1.82, 2.24) is 9.80 Å². The minimum Gasteiger partial charge on any atom is -0.465 e. The van der Waals surface area contributed by atoms with Gasteiger partial charge in [0.1, 0.15) is 4.88 Å². The Hall–Kier alpha value is -1.40. The fraction of sp³-hybridized carbons (Fsp3) is 0.625. The third-order valence-corrected chi connectivity index (χ3v) is 5.59. The number of amides is 1. The fourth-order valence-corrected chi connectivity index (χ4v) is 3.89. The molecule has 1 aromatic rings. The molecule has 3 rings (SSSR count). The summed E-state index contributed by atoms with van der Waals surface area (Å²) in [6.07, 6.45) is 1.06. The number of methoxy groups -OCH3 is 1. The minimum absolute atomic E-state index is 0.273. The summed E-state index contributed by atoms with van der Waals surface area (Å²) in [6, 6.07) is 3.81. The van der Waals surface area contributed by atoms with Crippen LogP contribution in [0.15, 0.2) is 12.1 Å². The summed E-state index contributed by atoms with van der Waals surface area (Å²) in [5.41, 5.74) is 0. The molecule has 0 spiro atoms. The molecule has 0 aromatic carbocycles. The molecule has 2 unspecified atom stereocenters. The Kier molecular flexibility index (Phi) is 4.49. The molecule has 1 aromatic heterocycles. The first-order valence-electron chi connectivity index (χ1n) is 7.76. The molecule has 2 fully saturated rings. The molecule has 1 aliphatic heterocycles. The summed E-state index contributed by atoms with van der Waals surface area (Å²) in [5.74, 6) is 0.932. The van der Waals surface area contributed by atoms with Crippen LogP contribution in [0.4, 0.5) is 0 Å². The molecule has 6 heteroatoms. The summed E-state index contributed by atoms with van der Waals surface area (Å²) in [6.45, 7) is 6.42. The van der Waals surface area contributed by atoms with Crippen molar-refractivity contribution in [3.05, 3.63) is 21.9 Å². The number of rotatable bonds is 4. The lowest BCUT2D eigenvalue weighted by Gasteiger charge is -2.34. The average molecular weight is 322 g/mol. The van der Waals surface area contributed by atoms with Gasteiger partial charge >= 0.3 is 5.97 Å².